The fourth-order valence-corrected chi connectivity index (χ4v) is 1.24. The van der Waals surface area contributed by atoms with Crippen molar-refractivity contribution in [3.05, 3.63) is 18.2 Å². The van der Waals surface area contributed by atoms with Gasteiger partial charge in [0.1, 0.15) is 5.82 Å². The Morgan fingerprint density at radius 3 is 3.00 bits per heavy atom. The molecule has 0 saturated carbocycles. The average molecular weight is 183 g/mol. The minimum Gasteiger partial charge on any atom is -0.380 e. The third-order valence-electron chi connectivity index (χ3n) is 1.92. The van der Waals surface area contributed by atoms with E-state index in [9.17, 15) is 0 Å². The molecule has 0 radical (unpaired) electrons. The third-order valence-corrected chi connectivity index (χ3v) is 1.92. The van der Waals surface area contributed by atoms with Gasteiger partial charge in [-0.25, -0.2) is 4.98 Å². The van der Waals surface area contributed by atoms with Crippen molar-refractivity contribution < 1.29 is 4.74 Å². The molecule has 0 aromatic carbocycles. The van der Waals surface area contributed by atoms with Crippen LogP contribution in [0.3, 0.4) is 0 Å². The quantitative estimate of drug-likeness (QED) is 0.739. The van der Waals surface area contributed by atoms with Gasteiger partial charge in [0.05, 0.1) is 12.6 Å². The molecule has 0 spiro atoms. The van der Waals surface area contributed by atoms with Gasteiger partial charge < -0.3 is 15.0 Å². The first-order valence-electron chi connectivity index (χ1n) is 4.63. The Morgan fingerprint density at radius 2 is 2.38 bits per heavy atom. The molecule has 0 aliphatic heterocycles. The van der Waals surface area contributed by atoms with Crippen LogP contribution in [-0.4, -0.2) is 22.8 Å². The topological polar surface area (TPSA) is 53.1 Å². The van der Waals surface area contributed by atoms with E-state index in [0.29, 0.717) is 13.2 Å². The molecule has 74 valence electrons. The molecule has 1 aromatic rings. The molecule has 4 nitrogen and oxygen atoms in total. The molecular formula is C9H17N3O. The molecule has 0 amide bonds. The zero-order valence-electron chi connectivity index (χ0n) is 8.23. The summed E-state index contributed by atoms with van der Waals surface area (Å²) in [5, 5.41) is 0. The summed E-state index contributed by atoms with van der Waals surface area (Å²) in [5.41, 5.74) is 5.89. The molecule has 0 fully saturated rings. The van der Waals surface area contributed by atoms with Crippen LogP contribution in [0.15, 0.2) is 12.4 Å². The zero-order chi connectivity index (χ0) is 9.68. The highest BCUT2D eigenvalue weighted by Gasteiger charge is 2.10. The number of aromatic nitrogens is 2. The van der Waals surface area contributed by atoms with E-state index in [4.69, 9.17) is 10.5 Å². The van der Waals surface area contributed by atoms with E-state index in [1.54, 1.807) is 6.20 Å². The van der Waals surface area contributed by atoms with Crippen LogP contribution >= 0.6 is 0 Å². The van der Waals surface area contributed by atoms with Crippen LogP contribution in [0.1, 0.15) is 25.7 Å². The second-order valence-corrected chi connectivity index (χ2v) is 2.84. The Balaban J connectivity index is 2.59. The second-order valence-electron chi connectivity index (χ2n) is 2.84. The number of aryl methyl sites for hydroxylation is 1. The maximum absolute atomic E-state index is 5.89. The van der Waals surface area contributed by atoms with E-state index in [1.165, 1.54) is 0 Å². The molecule has 0 saturated heterocycles. The number of hydrogen-bond donors (Lipinski definition) is 1. The van der Waals surface area contributed by atoms with Crippen molar-refractivity contribution in [3.8, 4) is 0 Å². The molecule has 0 aliphatic carbocycles. The Labute approximate surface area is 78.7 Å². The summed E-state index contributed by atoms with van der Waals surface area (Å²) in [4.78, 5) is 4.20. The van der Waals surface area contributed by atoms with Crippen LogP contribution in [0.25, 0.3) is 0 Å². The average Bonchev–Trinajstić information content (AvgIpc) is 2.61. The minimum atomic E-state index is -0.116. The first-order chi connectivity index (χ1) is 6.29. The molecule has 0 bridgehead atoms. The van der Waals surface area contributed by atoms with Crippen molar-refractivity contribution in [3.63, 3.8) is 0 Å². The second kappa shape index (κ2) is 4.99. The van der Waals surface area contributed by atoms with Crippen LogP contribution in [0.5, 0.6) is 0 Å². The lowest BCUT2D eigenvalue weighted by atomic mass is 10.3. The lowest BCUT2D eigenvalue weighted by Gasteiger charge is -2.12. The van der Waals surface area contributed by atoms with Crippen molar-refractivity contribution in [2.45, 2.75) is 26.4 Å². The summed E-state index contributed by atoms with van der Waals surface area (Å²) in [5.74, 6) is 0.899. The molecular weight excluding hydrogens is 166 g/mol. The smallest absolute Gasteiger partial charge is 0.127 e. The predicted octanol–water partition coefficient (Wildman–Crippen LogP) is 0.939. The lowest BCUT2D eigenvalue weighted by Crippen LogP contribution is -2.21. The van der Waals surface area contributed by atoms with Crippen molar-refractivity contribution in [1.29, 1.82) is 0 Å². The molecule has 1 atom stereocenters. The zero-order valence-corrected chi connectivity index (χ0v) is 8.23. The van der Waals surface area contributed by atoms with E-state index in [1.807, 2.05) is 17.7 Å². The minimum absolute atomic E-state index is 0.116. The van der Waals surface area contributed by atoms with Crippen LogP contribution in [0, 0.1) is 0 Å². The maximum atomic E-state index is 5.89. The Kier molecular flexibility index (Phi) is 3.92. The third kappa shape index (κ3) is 2.54. The highest BCUT2D eigenvalue weighted by atomic mass is 16.5. The highest BCUT2D eigenvalue weighted by Crippen LogP contribution is 2.07. The maximum Gasteiger partial charge on any atom is 0.127 e. The van der Waals surface area contributed by atoms with Gasteiger partial charge in [-0.1, -0.05) is 0 Å². The highest BCUT2D eigenvalue weighted by molar-refractivity contribution is 4.98. The van der Waals surface area contributed by atoms with E-state index >= 15 is 0 Å². The van der Waals surface area contributed by atoms with Crippen molar-refractivity contribution in [1.82, 2.24) is 9.55 Å². The number of imidazole rings is 1. The molecule has 1 rings (SSSR count). The first-order valence-corrected chi connectivity index (χ1v) is 4.63. The first kappa shape index (κ1) is 10.2. The number of ether oxygens (including phenoxy) is 1. The Morgan fingerprint density at radius 1 is 1.62 bits per heavy atom. The number of rotatable bonds is 5. The van der Waals surface area contributed by atoms with E-state index < -0.39 is 0 Å². The van der Waals surface area contributed by atoms with Crippen molar-refractivity contribution in [2.24, 2.45) is 5.73 Å². The Bertz CT molecular complexity index is 247. The van der Waals surface area contributed by atoms with Gasteiger partial charge >= 0.3 is 0 Å². The summed E-state index contributed by atoms with van der Waals surface area (Å²) in [7, 11) is 0. The van der Waals surface area contributed by atoms with Gasteiger partial charge in [-0.2, -0.15) is 0 Å². The van der Waals surface area contributed by atoms with E-state index in [2.05, 4.69) is 11.9 Å². The molecule has 1 heterocycles. The molecule has 2 N–H and O–H groups in total. The molecule has 1 aromatic heterocycles. The number of nitrogens with two attached hydrogens (primary N) is 1. The van der Waals surface area contributed by atoms with Crippen LogP contribution in [-0.2, 0) is 11.3 Å². The van der Waals surface area contributed by atoms with E-state index in [-0.39, 0.29) is 6.04 Å². The summed E-state index contributed by atoms with van der Waals surface area (Å²) in [6, 6.07) is -0.116. The summed E-state index contributed by atoms with van der Waals surface area (Å²) < 4.78 is 7.27. The van der Waals surface area contributed by atoms with Crippen LogP contribution in [0.2, 0.25) is 0 Å². The standard InChI is InChI=1S/C9H17N3O/c1-3-12-6-5-11-9(12)8(10)7-13-4-2/h5-6,8H,3-4,7,10H2,1-2H3. The number of hydrogen-bond acceptors (Lipinski definition) is 3. The van der Waals surface area contributed by atoms with Crippen LogP contribution in [0.4, 0.5) is 0 Å². The van der Waals surface area contributed by atoms with Crippen molar-refractivity contribution in [2.75, 3.05) is 13.2 Å². The fraction of sp³-hybridized carbons (Fsp3) is 0.667. The number of nitrogens with zero attached hydrogens (tertiary/aromatic N) is 2. The SMILES string of the molecule is CCOCC(N)c1nccn1CC. The monoisotopic (exact) mass is 183 g/mol. The van der Waals surface area contributed by atoms with Gasteiger partial charge in [-0.05, 0) is 13.8 Å². The lowest BCUT2D eigenvalue weighted by molar-refractivity contribution is 0.130. The van der Waals surface area contributed by atoms with Gasteiger partial charge in [-0.3, -0.25) is 0 Å². The largest absolute Gasteiger partial charge is 0.380 e. The molecule has 1 unspecified atom stereocenters. The summed E-state index contributed by atoms with van der Waals surface area (Å²) in [6.45, 7) is 6.15. The molecule has 0 aliphatic rings. The van der Waals surface area contributed by atoms with Gasteiger partial charge in [0.15, 0.2) is 0 Å². The predicted molar refractivity (Wildman–Crippen MR) is 51.3 cm³/mol. The van der Waals surface area contributed by atoms with Gasteiger partial charge in [0, 0.05) is 25.5 Å². The Hall–Kier alpha value is -0.870. The summed E-state index contributed by atoms with van der Waals surface area (Å²) in [6.07, 6.45) is 3.70. The summed E-state index contributed by atoms with van der Waals surface area (Å²) >= 11 is 0. The fourth-order valence-electron chi connectivity index (χ4n) is 1.24. The van der Waals surface area contributed by atoms with Gasteiger partial charge in [0.25, 0.3) is 0 Å². The van der Waals surface area contributed by atoms with Crippen LogP contribution < -0.4 is 5.73 Å². The molecule has 4 heteroatoms. The normalized spacial score (nSPS) is 13.2. The van der Waals surface area contributed by atoms with Gasteiger partial charge in [0.2, 0.25) is 0 Å². The van der Waals surface area contributed by atoms with Gasteiger partial charge in [-0.15, -0.1) is 0 Å². The van der Waals surface area contributed by atoms with E-state index in [0.717, 1.165) is 12.4 Å². The van der Waals surface area contributed by atoms with Crippen molar-refractivity contribution >= 4 is 0 Å². The molecule has 13 heavy (non-hydrogen) atoms.